The molecule has 0 aromatic heterocycles. The van der Waals surface area contributed by atoms with Crippen molar-refractivity contribution in [2.75, 3.05) is 0 Å². The van der Waals surface area contributed by atoms with Crippen LogP contribution in [0.2, 0.25) is 0 Å². The van der Waals surface area contributed by atoms with Crippen molar-refractivity contribution in [3.63, 3.8) is 0 Å². The molecule has 0 spiro atoms. The van der Waals surface area contributed by atoms with E-state index < -0.39 is 5.41 Å². The Morgan fingerprint density at radius 1 is 0.895 bits per heavy atom. The first-order valence-electron chi connectivity index (χ1n) is 7.95. The van der Waals surface area contributed by atoms with Crippen molar-refractivity contribution >= 4 is 5.97 Å². The molecule has 0 rings (SSSR count). The predicted molar refractivity (Wildman–Crippen MR) is 80.5 cm³/mol. The van der Waals surface area contributed by atoms with Gasteiger partial charge in [0.15, 0.2) is 0 Å². The molecule has 0 aromatic carbocycles. The van der Waals surface area contributed by atoms with E-state index >= 15 is 0 Å². The molecule has 114 valence electrons. The summed E-state index contributed by atoms with van der Waals surface area (Å²) in [6, 6.07) is 0. The fraction of sp³-hybridized carbons (Fsp3) is 0.938. The molecule has 0 aliphatic rings. The molecular formula is C16H33NO2. The molecule has 0 aliphatic carbocycles. The van der Waals surface area contributed by atoms with Crippen molar-refractivity contribution in [3.8, 4) is 0 Å². The van der Waals surface area contributed by atoms with E-state index in [-0.39, 0.29) is 5.97 Å². The van der Waals surface area contributed by atoms with Gasteiger partial charge in [0.2, 0.25) is 0 Å². The number of carbonyl (C=O) groups excluding carboxylic acids is 1. The summed E-state index contributed by atoms with van der Waals surface area (Å²) in [7, 11) is 0. The third-order valence-electron chi connectivity index (χ3n) is 3.81. The Morgan fingerprint density at radius 2 is 1.32 bits per heavy atom. The lowest BCUT2D eigenvalue weighted by atomic mass is 9.87. The first-order valence-corrected chi connectivity index (χ1v) is 7.95. The minimum Gasteiger partial charge on any atom is -0.373 e. The van der Waals surface area contributed by atoms with E-state index in [0.29, 0.717) is 0 Å². The van der Waals surface area contributed by atoms with Crippen molar-refractivity contribution in [2.24, 2.45) is 11.3 Å². The Morgan fingerprint density at radius 3 is 1.74 bits per heavy atom. The largest absolute Gasteiger partial charge is 0.373 e. The second-order valence-corrected chi connectivity index (χ2v) is 6.22. The summed E-state index contributed by atoms with van der Waals surface area (Å²) in [4.78, 5) is 15.7. The van der Waals surface area contributed by atoms with Crippen LogP contribution in [-0.2, 0) is 9.63 Å². The molecule has 0 saturated heterocycles. The molecule has 3 heteroatoms. The summed E-state index contributed by atoms with van der Waals surface area (Å²) in [5.41, 5.74) is -0.436. The van der Waals surface area contributed by atoms with Crippen LogP contribution in [0, 0.1) is 5.41 Å². The van der Waals surface area contributed by atoms with Crippen LogP contribution in [0.1, 0.15) is 91.4 Å². The Labute approximate surface area is 119 Å². The van der Waals surface area contributed by atoms with Gasteiger partial charge in [-0.15, -0.1) is 0 Å². The molecule has 0 aromatic rings. The van der Waals surface area contributed by atoms with E-state index in [0.717, 1.165) is 12.8 Å². The number of hydrogen-bond acceptors (Lipinski definition) is 3. The van der Waals surface area contributed by atoms with Gasteiger partial charge in [-0.1, -0.05) is 71.1 Å². The zero-order valence-electron chi connectivity index (χ0n) is 13.2. The summed E-state index contributed by atoms with van der Waals surface area (Å²) >= 11 is 0. The van der Waals surface area contributed by atoms with E-state index in [1.807, 2.05) is 13.8 Å². The van der Waals surface area contributed by atoms with Crippen LogP contribution in [0.4, 0.5) is 0 Å². The monoisotopic (exact) mass is 271 g/mol. The normalized spacial score (nSPS) is 11.6. The number of carbonyl (C=O) groups is 1. The van der Waals surface area contributed by atoms with Crippen LogP contribution in [-0.4, -0.2) is 5.97 Å². The van der Waals surface area contributed by atoms with Gasteiger partial charge in [-0.2, -0.15) is 5.90 Å². The fourth-order valence-electron chi connectivity index (χ4n) is 2.32. The van der Waals surface area contributed by atoms with Crippen LogP contribution in [0.5, 0.6) is 0 Å². The summed E-state index contributed by atoms with van der Waals surface area (Å²) in [5.74, 6) is 4.63. The molecule has 0 fully saturated rings. The van der Waals surface area contributed by atoms with Gasteiger partial charge in [-0.25, -0.2) is 4.79 Å². The Bertz CT molecular complexity index is 227. The van der Waals surface area contributed by atoms with E-state index in [2.05, 4.69) is 11.8 Å². The molecule has 0 bridgehead atoms. The highest BCUT2D eigenvalue weighted by Crippen LogP contribution is 2.25. The predicted octanol–water partition coefficient (Wildman–Crippen LogP) is 4.74. The molecular weight excluding hydrogens is 238 g/mol. The molecule has 0 heterocycles. The van der Waals surface area contributed by atoms with Crippen LogP contribution in [0.3, 0.4) is 0 Å². The van der Waals surface area contributed by atoms with Gasteiger partial charge in [0, 0.05) is 0 Å². The standard InChI is InChI=1S/C16H33NO2/c1-4-5-6-7-8-9-10-11-12-13-14-16(2,3)15(18)19-17/h4-14,17H2,1-3H3. The quantitative estimate of drug-likeness (QED) is 0.412. The van der Waals surface area contributed by atoms with E-state index in [1.54, 1.807) is 0 Å². The summed E-state index contributed by atoms with van der Waals surface area (Å²) in [6.07, 6.45) is 14.0. The fourth-order valence-corrected chi connectivity index (χ4v) is 2.32. The Balaban J connectivity index is 3.33. The van der Waals surface area contributed by atoms with Gasteiger partial charge in [0.05, 0.1) is 5.41 Å². The Kier molecular flexibility index (Phi) is 10.9. The lowest BCUT2D eigenvalue weighted by Gasteiger charge is -2.20. The second-order valence-electron chi connectivity index (χ2n) is 6.22. The number of unbranched alkanes of at least 4 members (excludes halogenated alkanes) is 9. The molecule has 0 radical (unpaired) electrons. The van der Waals surface area contributed by atoms with Crippen molar-refractivity contribution in [3.05, 3.63) is 0 Å². The second kappa shape index (κ2) is 11.3. The molecule has 0 saturated carbocycles. The van der Waals surface area contributed by atoms with Crippen molar-refractivity contribution in [1.82, 2.24) is 0 Å². The summed E-state index contributed by atoms with van der Waals surface area (Å²) in [6.45, 7) is 6.05. The SMILES string of the molecule is CCCCCCCCCCCCC(C)(C)C(=O)ON. The molecule has 2 N–H and O–H groups in total. The lowest BCUT2D eigenvalue weighted by molar-refractivity contribution is -0.155. The lowest BCUT2D eigenvalue weighted by Crippen LogP contribution is -2.28. The highest BCUT2D eigenvalue weighted by atomic mass is 16.7. The van der Waals surface area contributed by atoms with Gasteiger partial charge in [-0.3, -0.25) is 0 Å². The minimum atomic E-state index is -0.436. The smallest absolute Gasteiger partial charge is 0.329 e. The Hall–Kier alpha value is -0.570. The molecule has 3 nitrogen and oxygen atoms in total. The van der Waals surface area contributed by atoms with Gasteiger partial charge >= 0.3 is 5.97 Å². The van der Waals surface area contributed by atoms with Crippen LogP contribution >= 0.6 is 0 Å². The van der Waals surface area contributed by atoms with E-state index in [1.165, 1.54) is 57.8 Å². The van der Waals surface area contributed by atoms with Crippen molar-refractivity contribution < 1.29 is 9.63 Å². The first kappa shape index (κ1) is 18.4. The molecule has 0 unspecified atom stereocenters. The number of nitrogens with two attached hydrogens (primary N) is 1. The van der Waals surface area contributed by atoms with Crippen molar-refractivity contribution in [1.29, 1.82) is 0 Å². The van der Waals surface area contributed by atoms with Crippen LogP contribution < -0.4 is 5.90 Å². The first-order chi connectivity index (χ1) is 9.04. The van der Waals surface area contributed by atoms with Gasteiger partial charge in [-0.05, 0) is 20.3 Å². The van der Waals surface area contributed by atoms with Gasteiger partial charge in [0.25, 0.3) is 0 Å². The number of hydrogen-bond donors (Lipinski definition) is 1. The molecule has 0 amide bonds. The maximum absolute atomic E-state index is 11.4. The van der Waals surface area contributed by atoms with Crippen molar-refractivity contribution in [2.45, 2.75) is 91.4 Å². The van der Waals surface area contributed by atoms with E-state index in [9.17, 15) is 4.79 Å². The average Bonchev–Trinajstić information content (AvgIpc) is 2.39. The third kappa shape index (κ3) is 9.94. The topological polar surface area (TPSA) is 52.3 Å². The van der Waals surface area contributed by atoms with Crippen LogP contribution in [0.15, 0.2) is 0 Å². The minimum absolute atomic E-state index is 0.302. The zero-order valence-corrected chi connectivity index (χ0v) is 13.2. The van der Waals surface area contributed by atoms with Gasteiger partial charge in [0.1, 0.15) is 0 Å². The highest BCUT2D eigenvalue weighted by molar-refractivity contribution is 5.75. The highest BCUT2D eigenvalue weighted by Gasteiger charge is 2.28. The van der Waals surface area contributed by atoms with Crippen LogP contribution in [0.25, 0.3) is 0 Å². The summed E-state index contributed by atoms with van der Waals surface area (Å²) < 4.78 is 0. The molecule has 0 aliphatic heterocycles. The average molecular weight is 271 g/mol. The maximum Gasteiger partial charge on any atom is 0.329 e. The van der Waals surface area contributed by atoms with Gasteiger partial charge < -0.3 is 4.84 Å². The molecule has 19 heavy (non-hydrogen) atoms. The third-order valence-corrected chi connectivity index (χ3v) is 3.81. The van der Waals surface area contributed by atoms with E-state index in [4.69, 9.17) is 5.90 Å². The zero-order chi connectivity index (χ0) is 14.6. The number of rotatable bonds is 12. The molecule has 0 atom stereocenters. The maximum atomic E-state index is 11.4. The summed E-state index contributed by atoms with van der Waals surface area (Å²) in [5, 5.41) is 0.